The van der Waals surface area contributed by atoms with Gasteiger partial charge in [-0.1, -0.05) is 12.1 Å². The van der Waals surface area contributed by atoms with Crippen LogP contribution in [0.5, 0.6) is 0 Å². The van der Waals surface area contributed by atoms with Gasteiger partial charge in [-0.3, -0.25) is 0 Å². The fraction of sp³-hybridized carbons (Fsp3) is 0.625. The molecule has 0 heterocycles. The van der Waals surface area contributed by atoms with Crippen LogP contribution in [0.3, 0.4) is 0 Å². The zero-order chi connectivity index (χ0) is 14.4. The summed E-state index contributed by atoms with van der Waals surface area (Å²) >= 11 is 0. The molecule has 1 aromatic carbocycles. The lowest BCUT2D eigenvalue weighted by Crippen LogP contribution is -2.31. The van der Waals surface area contributed by atoms with Gasteiger partial charge in [0, 0.05) is 31.9 Å². The second kappa shape index (κ2) is 7.51. The van der Waals surface area contributed by atoms with Crippen LogP contribution in [0.25, 0.3) is 0 Å². The summed E-state index contributed by atoms with van der Waals surface area (Å²) in [4.78, 5) is 4.36. The lowest BCUT2D eigenvalue weighted by atomic mass is 10.1. The lowest BCUT2D eigenvalue weighted by molar-refractivity contribution is 0.354. The van der Waals surface area contributed by atoms with Crippen molar-refractivity contribution < 1.29 is 0 Å². The zero-order valence-corrected chi connectivity index (χ0v) is 13.3. The maximum absolute atomic E-state index is 3.66. The highest BCUT2D eigenvalue weighted by Gasteiger charge is 2.09. The summed E-state index contributed by atoms with van der Waals surface area (Å²) in [5.41, 5.74) is 2.60. The van der Waals surface area contributed by atoms with E-state index in [1.165, 1.54) is 17.7 Å². The molecular weight excluding hydrogens is 234 g/mol. The standard InChI is InChI=1S/C16H29N3/c1-13(11-12-18(3)4)17-14(2)15-7-9-16(10-8-15)19(5)6/h7-10,13-14,17H,11-12H2,1-6H3. The van der Waals surface area contributed by atoms with Gasteiger partial charge in [-0.2, -0.15) is 0 Å². The third kappa shape index (κ3) is 5.62. The molecule has 3 nitrogen and oxygen atoms in total. The number of hydrogen-bond donors (Lipinski definition) is 1. The Bertz CT molecular complexity index is 357. The van der Waals surface area contributed by atoms with Gasteiger partial charge in [0.15, 0.2) is 0 Å². The molecule has 0 bridgehead atoms. The monoisotopic (exact) mass is 263 g/mol. The number of nitrogens with zero attached hydrogens (tertiary/aromatic N) is 2. The van der Waals surface area contributed by atoms with Gasteiger partial charge in [0.25, 0.3) is 0 Å². The zero-order valence-electron chi connectivity index (χ0n) is 13.3. The summed E-state index contributed by atoms with van der Waals surface area (Å²) in [6.07, 6.45) is 1.17. The first-order valence-electron chi connectivity index (χ1n) is 7.08. The van der Waals surface area contributed by atoms with Crippen LogP contribution in [0.15, 0.2) is 24.3 Å². The Hall–Kier alpha value is -1.06. The van der Waals surface area contributed by atoms with Crippen LogP contribution >= 0.6 is 0 Å². The molecule has 108 valence electrons. The summed E-state index contributed by atoms with van der Waals surface area (Å²) in [6.45, 7) is 5.62. The first kappa shape index (κ1) is 16.0. The van der Waals surface area contributed by atoms with Gasteiger partial charge in [-0.05, 0) is 58.6 Å². The molecule has 0 aliphatic rings. The van der Waals surface area contributed by atoms with Crippen molar-refractivity contribution >= 4 is 5.69 Å². The lowest BCUT2D eigenvalue weighted by Gasteiger charge is -2.22. The van der Waals surface area contributed by atoms with Crippen molar-refractivity contribution in [3.8, 4) is 0 Å². The van der Waals surface area contributed by atoms with Crippen LogP contribution in [-0.4, -0.2) is 45.7 Å². The summed E-state index contributed by atoms with van der Waals surface area (Å²) < 4.78 is 0. The largest absolute Gasteiger partial charge is 0.378 e. The maximum Gasteiger partial charge on any atom is 0.0361 e. The quantitative estimate of drug-likeness (QED) is 0.816. The summed E-state index contributed by atoms with van der Waals surface area (Å²) in [5.74, 6) is 0. The highest BCUT2D eigenvalue weighted by molar-refractivity contribution is 5.46. The van der Waals surface area contributed by atoms with Crippen molar-refractivity contribution in [1.29, 1.82) is 0 Å². The van der Waals surface area contributed by atoms with Gasteiger partial charge in [-0.25, -0.2) is 0 Å². The fourth-order valence-electron chi connectivity index (χ4n) is 2.12. The van der Waals surface area contributed by atoms with Crippen molar-refractivity contribution in [1.82, 2.24) is 10.2 Å². The van der Waals surface area contributed by atoms with E-state index in [0.29, 0.717) is 12.1 Å². The maximum atomic E-state index is 3.66. The van der Waals surface area contributed by atoms with Crippen molar-refractivity contribution in [3.63, 3.8) is 0 Å². The molecule has 2 atom stereocenters. The van der Waals surface area contributed by atoms with E-state index in [9.17, 15) is 0 Å². The van der Waals surface area contributed by atoms with Crippen molar-refractivity contribution in [2.75, 3.05) is 39.6 Å². The predicted octanol–water partition coefficient (Wildman–Crippen LogP) is 2.74. The SMILES string of the molecule is CC(CCN(C)C)NC(C)c1ccc(N(C)C)cc1. The first-order chi connectivity index (χ1) is 8.90. The molecule has 1 N–H and O–H groups in total. The second-order valence-electron chi connectivity index (χ2n) is 5.87. The molecule has 0 aliphatic heterocycles. The average molecular weight is 263 g/mol. The molecule has 0 fully saturated rings. The normalized spacial score (nSPS) is 14.5. The number of benzene rings is 1. The molecule has 0 aromatic heterocycles. The van der Waals surface area contributed by atoms with Crippen molar-refractivity contribution in [2.24, 2.45) is 0 Å². The third-order valence-corrected chi connectivity index (χ3v) is 3.45. The molecular formula is C16H29N3. The van der Waals surface area contributed by atoms with Gasteiger partial charge >= 0.3 is 0 Å². The van der Waals surface area contributed by atoms with Crippen LogP contribution in [0, 0.1) is 0 Å². The highest BCUT2D eigenvalue weighted by Crippen LogP contribution is 2.18. The molecule has 1 aromatic rings. The molecule has 0 saturated heterocycles. The first-order valence-corrected chi connectivity index (χ1v) is 7.08. The van der Waals surface area contributed by atoms with E-state index in [-0.39, 0.29) is 0 Å². The van der Waals surface area contributed by atoms with Gasteiger partial charge in [0.05, 0.1) is 0 Å². The number of anilines is 1. The Balaban J connectivity index is 2.50. The van der Waals surface area contributed by atoms with Gasteiger partial charge in [0.1, 0.15) is 0 Å². The molecule has 1 rings (SSSR count). The molecule has 2 unspecified atom stereocenters. The van der Waals surface area contributed by atoms with Crippen molar-refractivity contribution in [2.45, 2.75) is 32.4 Å². The Morgan fingerprint density at radius 3 is 2.05 bits per heavy atom. The molecule has 0 amide bonds. The average Bonchev–Trinajstić information content (AvgIpc) is 2.36. The summed E-state index contributed by atoms with van der Waals surface area (Å²) in [7, 11) is 8.38. The summed E-state index contributed by atoms with van der Waals surface area (Å²) in [5, 5.41) is 3.66. The Labute approximate surface area is 118 Å². The van der Waals surface area contributed by atoms with Crippen LogP contribution in [-0.2, 0) is 0 Å². The minimum absolute atomic E-state index is 0.397. The van der Waals surface area contributed by atoms with E-state index in [1.54, 1.807) is 0 Å². The van der Waals surface area contributed by atoms with Crippen LogP contribution in [0.4, 0.5) is 5.69 Å². The molecule has 3 heteroatoms. The molecule has 0 saturated carbocycles. The molecule has 0 radical (unpaired) electrons. The van der Waals surface area contributed by atoms with E-state index >= 15 is 0 Å². The number of hydrogen-bond acceptors (Lipinski definition) is 3. The Morgan fingerprint density at radius 2 is 1.58 bits per heavy atom. The van der Waals surface area contributed by atoms with E-state index in [2.05, 4.69) is 81.4 Å². The van der Waals surface area contributed by atoms with E-state index in [1.807, 2.05) is 0 Å². The van der Waals surface area contributed by atoms with Gasteiger partial charge in [0.2, 0.25) is 0 Å². The van der Waals surface area contributed by atoms with E-state index in [0.717, 1.165) is 6.54 Å². The molecule has 0 aliphatic carbocycles. The van der Waals surface area contributed by atoms with Crippen LogP contribution in [0.2, 0.25) is 0 Å². The molecule has 19 heavy (non-hydrogen) atoms. The third-order valence-electron chi connectivity index (χ3n) is 3.45. The smallest absolute Gasteiger partial charge is 0.0361 e. The second-order valence-corrected chi connectivity index (χ2v) is 5.87. The number of nitrogens with one attached hydrogen (secondary N) is 1. The minimum atomic E-state index is 0.397. The highest BCUT2D eigenvalue weighted by atomic mass is 15.1. The topological polar surface area (TPSA) is 18.5 Å². The minimum Gasteiger partial charge on any atom is -0.378 e. The van der Waals surface area contributed by atoms with E-state index in [4.69, 9.17) is 0 Å². The Kier molecular flexibility index (Phi) is 6.32. The van der Waals surface area contributed by atoms with Crippen LogP contribution < -0.4 is 10.2 Å². The summed E-state index contributed by atoms with van der Waals surface area (Å²) in [6, 6.07) is 9.71. The number of rotatable bonds is 7. The predicted molar refractivity (Wildman–Crippen MR) is 85.0 cm³/mol. The van der Waals surface area contributed by atoms with Gasteiger partial charge < -0.3 is 15.1 Å². The van der Waals surface area contributed by atoms with Crippen LogP contribution in [0.1, 0.15) is 31.9 Å². The molecule has 0 spiro atoms. The van der Waals surface area contributed by atoms with E-state index < -0.39 is 0 Å². The van der Waals surface area contributed by atoms with Crippen molar-refractivity contribution in [3.05, 3.63) is 29.8 Å². The fourth-order valence-corrected chi connectivity index (χ4v) is 2.12. The Morgan fingerprint density at radius 1 is 1.00 bits per heavy atom. The van der Waals surface area contributed by atoms with Gasteiger partial charge in [-0.15, -0.1) is 0 Å².